The van der Waals surface area contributed by atoms with E-state index in [4.69, 9.17) is 5.11 Å². The van der Waals surface area contributed by atoms with Crippen LogP contribution in [0.25, 0.3) is 0 Å². The molecule has 12 heavy (non-hydrogen) atoms. The average Bonchev–Trinajstić information content (AvgIpc) is 2.86. The van der Waals surface area contributed by atoms with E-state index in [0.29, 0.717) is 6.61 Å². The van der Waals surface area contributed by atoms with Gasteiger partial charge in [0, 0.05) is 25.7 Å². The monoisotopic (exact) mass is 172 g/mol. The zero-order chi connectivity index (χ0) is 8.81. The minimum Gasteiger partial charge on any atom is -0.395 e. The lowest BCUT2D eigenvalue weighted by molar-refractivity contribution is 0.190. The third-order valence-corrected chi connectivity index (χ3v) is 2.28. The highest BCUT2D eigenvalue weighted by Gasteiger charge is 2.27. The van der Waals surface area contributed by atoms with Gasteiger partial charge in [0.1, 0.15) is 0 Å². The Morgan fingerprint density at radius 3 is 2.67 bits per heavy atom. The Bertz CT molecular complexity index is 115. The third-order valence-electron chi connectivity index (χ3n) is 2.28. The summed E-state index contributed by atoms with van der Waals surface area (Å²) in [6, 6.07) is 0.774. The lowest BCUT2D eigenvalue weighted by Crippen LogP contribution is -2.35. The number of aliphatic hydroxyl groups is 1. The molecule has 0 aliphatic heterocycles. The first kappa shape index (κ1) is 9.96. The maximum Gasteiger partial charge on any atom is 0.0558 e. The van der Waals surface area contributed by atoms with Crippen LogP contribution < -0.4 is 5.32 Å². The van der Waals surface area contributed by atoms with E-state index >= 15 is 0 Å². The van der Waals surface area contributed by atoms with Gasteiger partial charge >= 0.3 is 0 Å². The van der Waals surface area contributed by atoms with Crippen LogP contribution in [0.5, 0.6) is 0 Å². The predicted molar refractivity (Wildman–Crippen MR) is 50.2 cm³/mol. The van der Waals surface area contributed by atoms with Crippen molar-refractivity contribution >= 4 is 0 Å². The smallest absolute Gasteiger partial charge is 0.0558 e. The molecule has 1 fully saturated rings. The summed E-state index contributed by atoms with van der Waals surface area (Å²) >= 11 is 0. The second kappa shape index (κ2) is 5.51. The first-order valence-corrected chi connectivity index (χ1v) is 4.94. The third kappa shape index (κ3) is 3.52. The molecule has 0 atom stereocenters. The second-order valence-corrected chi connectivity index (χ2v) is 3.34. The molecule has 0 bridgehead atoms. The number of nitrogens with one attached hydrogen (secondary N) is 1. The molecule has 0 saturated heterocycles. The maximum absolute atomic E-state index is 8.81. The lowest BCUT2D eigenvalue weighted by Gasteiger charge is -2.20. The van der Waals surface area contributed by atoms with Crippen molar-refractivity contribution in [1.29, 1.82) is 0 Å². The highest BCUT2D eigenvalue weighted by atomic mass is 16.3. The van der Waals surface area contributed by atoms with Gasteiger partial charge in [0.05, 0.1) is 6.61 Å². The van der Waals surface area contributed by atoms with Crippen LogP contribution in [0.1, 0.15) is 19.8 Å². The Balaban J connectivity index is 2.05. The van der Waals surface area contributed by atoms with E-state index in [1.807, 2.05) is 0 Å². The van der Waals surface area contributed by atoms with Crippen LogP contribution in [0.15, 0.2) is 0 Å². The SMILES string of the molecule is CCNCCN(CCO)C1CC1. The van der Waals surface area contributed by atoms with Crippen molar-refractivity contribution in [1.82, 2.24) is 10.2 Å². The lowest BCUT2D eigenvalue weighted by atomic mass is 10.4. The molecule has 3 nitrogen and oxygen atoms in total. The summed E-state index contributed by atoms with van der Waals surface area (Å²) in [5.41, 5.74) is 0. The van der Waals surface area contributed by atoms with Gasteiger partial charge in [-0.25, -0.2) is 0 Å². The standard InChI is InChI=1S/C9H20N2O/c1-2-10-5-6-11(7-8-12)9-3-4-9/h9-10,12H,2-8H2,1H3. The van der Waals surface area contributed by atoms with Gasteiger partial charge in [-0.15, -0.1) is 0 Å². The largest absolute Gasteiger partial charge is 0.395 e. The molecular formula is C9H20N2O. The predicted octanol–water partition coefficient (Wildman–Crippen LogP) is 0.0526. The van der Waals surface area contributed by atoms with Crippen LogP contribution in [0.4, 0.5) is 0 Å². The Kier molecular flexibility index (Phi) is 4.58. The number of rotatable bonds is 7. The zero-order valence-corrected chi connectivity index (χ0v) is 7.92. The van der Waals surface area contributed by atoms with Crippen molar-refractivity contribution in [3.63, 3.8) is 0 Å². The summed E-state index contributed by atoms with van der Waals surface area (Å²) in [7, 11) is 0. The summed E-state index contributed by atoms with van der Waals surface area (Å²) in [6.07, 6.45) is 2.65. The first-order valence-electron chi connectivity index (χ1n) is 4.94. The topological polar surface area (TPSA) is 35.5 Å². The van der Waals surface area contributed by atoms with Gasteiger partial charge in [0.2, 0.25) is 0 Å². The van der Waals surface area contributed by atoms with Gasteiger partial charge in [-0.1, -0.05) is 6.92 Å². The Morgan fingerprint density at radius 2 is 2.17 bits per heavy atom. The van der Waals surface area contributed by atoms with Gasteiger partial charge < -0.3 is 10.4 Å². The van der Waals surface area contributed by atoms with Crippen molar-refractivity contribution in [2.24, 2.45) is 0 Å². The Morgan fingerprint density at radius 1 is 1.42 bits per heavy atom. The summed E-state index contributed by atoms with van der Waals surface area (Å²) in [6.45, 7) is 6.43. The van der Waals surface area contributed by atoms with Crippen molar-refractivity contribution in [3.05, 3.63) is 0 Å². The molecular weight excluding hydrogens is 152 g/mol. The molecule has 1 aliphatic rings. The van der Waals surface area contributed by atoms with Crippen LogP contribution in [0, 0.1) is 0 Å². The quantitative estimate of drug-likeness (QED) is 0.533. The number of likely N-dealkylation sites (N-methyl/N-ethyl adjacent to an activating group) is 1. The number of hydrogen-bond donors (Lipinski definition) is 2. The van der Waals surface area contributed by atoms with Crippen LogP contribution in [-0.2, 0) is 0 Å². The second-order valence-electron chi connectivity index (χ2n) is 3.34. The Labute approximate surface area is 74.8 Å². The zero-order valence-electron chi connectivity index (χ0n) is 7.92. The minimum absolute atomic E-state index is 0.294. The van der Waals surface area contributed by atoms with Gasteiger partial charge in [0.25, 0.3) is 0 Å². The van der Waals surface area contributed by atoms with Crippen LogP contribution in [0.3, 0.4) is 0 Å². The van der Waals surface area contributed by atoms with E-state index in [-0.39, 0.29) is 0 Å². The van der Waals surface area contributed by atoms with Crippen LogP contribution in [-0.4, -0.2) is 48.8 Å². The fourth-order valence-corrected chi connectivity index (χ4v) is 1.44. The maximum atomic E-state index is 8.81. The van der Waals surface area contributed by atoms with E-state index in [2.05, 4.69) is 17.1 Å². The van der Waals surface area contributed by atoms with E-state index in [1.54, 1.807) is 0 Å². The first-order chi connectivity index (χ1) is 5.88. The Hall–Kier alpha value is -0.120. The van der Waals surface area contributed by atoms with Gasteiger partial charge in [0.15, 0.2) is 0 Å². The number of hydrogen-bond acceptors (Lipinski definition) is 3. The average molecular weight is 172 g/mol. The molecule has 0 aromatic rings. The highest BCUT2D eigenvalue weighted by molar-refractivity contribution is 4.84. The molecule has 0 heterocycles. The molecule has 72 valence electrons. The summed E-state index contributed by atoms with van der Waals surface area (Å²) in [4.78, 5) is 2.38. The van der Waals surface area contributed by atoms with E-state index in [0.717, 1.165) is 32.2 Å². The van der Waals surface area contributed by atoms with Crippen LogP contribution in [0.2, 0.25) is 0 Å². The van der Waals surface area contributed by atoms with Crippen molar-refractivity contribution in [2.75, 3.05) is 32.8 Å². The summed E-state index contributed by atoms with van der Waals surface area (Å²) in [5.74, 6) is 0. The van der Waals surface area contributed by atoms with Crippen molar-refractivity contribution in [3.8, 4) is 0 Å². The van der Waals surface area contributed by atoms with Crippen LogP contribution >= 0.6 is 0 Å². The van der Waals surface area contributed by atoms with E-state index in [1.165, 1.54) is 12.8 Å². The van der Waals surface area contributed by atoms with Crippen molar-refractivity contribution < 1.29 is 5.11 Å². The number of aliphatic hydroxyl groups excluding tert-OH is 1. The van der Waals surface area contributed by atoms with E-state index in [9.17, 15) is 0 Å². The molecule has 0 aromatic carbocycles. The summed E-state index contributed by atoms with van der Waals surface area (Å²) in [5, 5.41) is 12.1. The molecule has 1 rings (SSSR count). The van der Waals surface area contributed by atoms with E-state index < -0.39 is 0 Å². The number of nitrogens with zero attached hydrogens (tertiary/aromatic N) is 1. The molecule has 0 aromatic heterocycles. The molecule has 0 spiro atoms. The molecule has 0 radical (unpaired) electrons. The molecule has 2 N–H and O–H groups in total. The normalized spacial score (nSPS) is 17.2. The van der Waals surface area contributed by atoms with Crippen molar-refractivity contribution in [2.45, 2.75) is 25.8 Å². The van der Waals surface area contributed by atoms with Gasteiger partial charge in [-0.2, -0.15) is 0 Å². The highest BCUT2D eigenvalue weighted by Crippen LogP contribution is 2.25. The molecule has 3 heteroatoms. The van der Waals surface area contributed by atoms with Gasteiger partial charge in [-0.05, 0) is 19.4 Å². The fourth-order valence-electron chi connectivity index (χ4n) is 1.44. The minimum atomic E-state index is 0.294. The fraction of sp³-hybridized carbons (Fsp3) is 1.00. The molecule has 1 saturated carbocycles. The molecule has 0 amide bonds. The summed E-state index contributed by atoms with van der Waals surface area (Å²) < 4.78 is 0. The van der Waals surface area contributed by atoms with Gasteiger partial charge in [-0.3, -0.25) is 4.90 Å². The molecule has 1 aliphatic carbocycles. The molecule has 0 unspecified atom stereocenters.